The van der Waals surface area contributed by atoms with E-state index in [1.165, 1.54) is 0 Å². The number of hydrogen-bond acceptors (Lipinski definition) is 4. The Balaban J connectivity index is 2.26. The Morgan fingerprint density at radius 2 is 1.95 bits per heavy atom. The minimum atomic E-state index is 0.0147. The van der Waals surface area contributed by atoms with Crippen molar-refractivity contribution in [3.8, 4) is 0 Å². The third-order valence-electron chi connectivity index (χ3n) is 2.97. The highest BCUT2D eigenvalue weighted by atomic mass is 15.3. The standard InChI is InChI=1S/C14H21N5/c1-4-6-15-13(12-9-18-19(5-2)10-12)14-16-7-11(3)8-17-14/h7-10,13,15H,4-6H2,1-3H3. The van der Waals surface area contributed by atoms with Crippen molar-refractivity contribution in [3.63, 3.8) is 0 Å². The fourth-order valence-electron chi connectivity index (χ4n) is 1.90. The van der Waals surface area contributed by atoms with Crippen LogP contribution in [0.2, 0.25) is 0 Å². The predicted molar refractivity (Wildman–Crippen MR) is 74.8 cm³/mol. The van der Waals surface area contributed by atoms with Gasteiger partial charge in [0.25, 0.3) is 0 Å². The Hall–Kier alpha value is -1.75. The van der Waals surface area contributed by atoms with Gasteiger partial charge in [-0.05, 0) is 32.4 Å². The minimum Gasteiger partial charge on any atom is -0.304 e. The van der Waals surface area contributed by atoms with Gasteiger partial charge < -0.3 is 5.32 Å². The molecular weight excluding hydrogens is 238 g/mol. The van der Waals surface area contributed by atoms with Crippen LogP contribution in [0, 0.1) is 6.92 Å². The lowest BCUT2D eigenvalue weighted by atomic mass is 10.1. The maximum Gasteiger partial charge on any atom is 0.149 e. The molecule has 102 valence electrons. The van der Waals surface area contributed by atoms with Gasteiger partial charge in [0.2, 0.25) is 0 Å². The van der Waals surface area contributed by atoms with Gasteiger partial charge in [0.15, 0.2) is 0 Å². The Morgan fingerprint density at radius 3 is 2.53 bits per heavy atom. The Labute approximate surface area is 114 Å². The zero-order valence-electron chi connectivity index (χ0n) is 11.8. The first kappa shape index (κ1) is 13.7. The Bertz CT molecular complexity index is 503. The van der Waals surface area contributed by atoms with Crippen LogP contribution in [0.5, 0.6) is 0 Å². The molecule has 0 aliphatic rings. The number of aromatic nitrogens is 4. The number of aryl methyl sites for hydroxylation is 2. The van der Waals surface area contributed by atoms with Crippen molar-refractivity contribution < 1.29 is 0 Å². The summed E-state index contributed by atoms with van der Waals surface area (Å²) in [5.41, 5.74) is 2.18. The maximum absolute atomic E-state index is 4.43. The third kappa shape index (κ3) is 3.38. The molecule has 0 aliphatic carbocycles. The molecule has 0 fully saturated rings. The normalized spacial score (nSPS) is 12.6. The van der Waals surface area contributed by atoms with Gasteiger partial charge in [-0.2, -0.15) is 5.10 Å². The lowest BCUT2D eigenvalue weighted by Gasteiger charge is -2.15. The lowest BCUT2D eigenvalue weighted by molar-refractivity contribution is 0.569. The molecule has 0 saturated carbocycles. The average molecular weight is 259 g/mol. The summed E-state index contributed by atoms with van der Waals surface area (Å²) in [7, 11) is 0. The molecule has 1 unspecified atom stereocenters. The quantitative estimate of drug-likeness (QED) is 0.863. The van der Waals surface area contributed by atoms with Gasteiger partial charge >= 0.3 is 0 Å². The molecule has 5 heteroatoms. The molecule has 1 N–H and O–H groups in total. The molecule has 2 heterocycles. The fourth-order valence-corrected chi connectivity index (χ4v) is 1.90. The molecule has 2 aromatic heterocycles. The second kappa shape index (κ2) is 6.43. The second-order valence-electron chi connectivity index (χ2n) is 4.64. The van der Waals surface area contributed by atoms with Crippen molar-refractivity contribution >= 4 is 0 Å². The number of nitrogens with one attached hydrogen (secondary N) is 1. The molecular formula is C14H21N5. The van der Waals surface area contributed by atoms with E-state index in [-0.39, 0.29) is 6.04 Å². The first-order chi connectivity index (χ1) is 9.24. The van der Waals surface area contributed by atoms with Gasteiger partial charge in [0.05, 0.1) is 12.2 Å². The Kier molecular flexibility index (Phi) is 4.63. The summed E-state index contributed by atoms with van der Waals surface area (Å²) in [5, 5.41) is 7.81. The molecule has 5 nitrogen and oxygen atoms in total. The summed E-state index contributed by atoms with van der Waals surface area (Å²) in [5.74, 6) is 0.801. The van der Waals surface area contributed by atoms with Crippen LogP contribution in [0.15, 0.2) is 24.8 Å². The number of nitrogens with zero attached hydrogens (tertiary/aromatic N) is 4. The number of hydrogen-bond donors (Lipinski definition) is 1. The predicted octanol–water partition coefficient (Wildman–Crippen LogP) is 2.09. The van der Waals surface area contributed by atoms with Gasteiger partial charge in [-0.25, -0.2) is 9.97 Å². The summed E-state index contributed by atoms with van der Waals surface area (Å²) >= 11 is 0. The van der Waals surface area contributed by atoms with Crippen LogP contribution in [0.4, 0.5) is 0 Å². The van der Waals surface area contributed by atoms with Crippen LogP contribution in [0.1, 0.15) is 43.3 Å². The second-order valence-corrected chi connectivity index (χ2v) is 4.64. The van der Waals surface area contributed by atoms with Crippen molar-refractivity contribution in [2.75, 3.05) is 6.54 Å². The van der Waals surface area contributed by atoms with Crippen LogP contribution in [0.3, 0.4) is 0 Å². The summed E-state index contributed by atoms with van der Waals surface area (Å²) in [6.07, 6.45) is 8.72. The summed E-state index contributed by atoms with van der Waals surface area (Å²) in [6, 6.07) is 0.0147. The van der Waals surface area contributed by atoms with E-state index in [2.05, 4.69) is 40.4 Å². The topological polar surface area (TPSA) is 55.6 Å². The summed E-state index contributed by atoms with van der Waals surface area (Å²) < 4.78 is 1.92. The van der Waals surface area contributed by atoms with E-state index < -0.39 is 0 Å². The molecule has 1 atom stereocenters. The zero-order chi connectivity index (χ0) is 13.7. The van der Waals surface area contributed by atoms with Crippen LogP contribution >= 0.6 is 0 Å². The van der Waals surface area contributed by atoms with Crippen LogP contribution in [-0.4, -0.2) is 26.3 Å². The van der Waals surface area contributed by atoms with Crippen molar-refractivity contribution in [3.05, 3.63) is 41.7 Å². The van der Waals surface area contributed by atoms with Crippen LogP contribution in [0.25, 0.3) is 0 Å². The van der Waals surface area contributed by atoms with Crippen molar-refractivity contribution in [1.82, 2.24) is 25.1 Å². The van der Waals surface area contributed by atoms with E-state index in [4.69, 9.17) is 0 Å². The first-order valence-electron chi connectivity index (χ1n) is 6.78. The van der Waals surface area contributed by atoms with Gasteiger partial charge in [-0.3, -0.25) is 4.68 Å². The van der Waals surface area contributed by atoms with E-state index in [1.54, 1.807) is 0 Å². The Morgan fingerprint density at radius 1 is 1.21 bits per heavy atom. The van der Waals surface area contributed by atoms with E-state index in [9.17, 15) is 0 Å². The van der Waals surface area contributed by atoms with Crippen molar-refractivity contribution in [1.29, 1.82) is 0 Å². The van der Waals surface area contributed by atoms with Gasteiger partial charge in [-0.15, -0.1) is 0 Å². The molecule has 2 rings (SSSR count). The molecule has 0 bridgehead atoms. The smallest absolute Gasteiger partial charge is 0.149 e. The SMILES string of the molecule is CCCNC(c1cnn(CC)c1)c1ncc(C)cn1. The van der Waals surface area contributed by atoms with Gasteiger partial charge in [-0.1, -0.05) is 6.92 Å². The van der Waals surface area contributed by atoms with Crippen LogP contribution < -0.4 is 5.32 Å². The van der Waals surface area contributed by atoms with E-state index in [1.807, 2.05) is 30.2 Å². The van der Waals surface area contributed by atoms with E-state index >= 15 is 0 Å². The first-order valence-corrected chi connectivity index (χ1v) is 6.78. The van der Waals surface area contributed by atoms with Crippen molar-refractivity contribution in [2.24, 2.45) is 0 Å². The maximum atomic E-state index is 4.43. The molecule has 2 aromatic rings. The minimum absolute atomic E-state index is 0.0147. The molecule has 0 saturated heterocycles. The molecule has 0 amide bonds. The average Bonchev–Trinajstić information content (AvgIpc) is 2.90. The molecule has 0 radical (unpaired) electrons. The number of rotatable bonds is 6. The van der Waals surface area contributed by atoms with Gasteiger partial charge in [0.1, 0.15) is 5.82 Å². The highest BCUT2D eigenvalue weighted by Crippen LogP contribution is 2.18. The fraction of sp³-hybridized carbons (Fsp3) is 0.500. The highest BCUT2D eigenvalue weighted by molar-refractivity contribution is 5.20. The molecule has 19 heavy (non-hydrogen) atoms. The van der Waals surface area contributed by atoms with E-state index in [0.717, 1.165) is 36.5 Å². The molecule has 0 aliphatic heterocycles. The zero-order valence-corrected chi connectivity index (χ0v) is 11.8. The largest absolute Gasteiger partial charge is 0.304 e. The van der Waals surface area contributed by atoms with Gasteiger partial charge in [0, 0.05) is 30.7 Å². The monoisotopic (exact) mass is 259 g/mol. The third-order valence-corrected chi connectivity index (χ3v) is 2.97. The highest BCUT2D eigenvalue weighted by Gasteiger charge is 2.17. The van der Waals surface area contributed by atoms with E-state index in [0.29, 0.717) is 0 Å². The van der Waals surface area contributed by atoms with Crippen molar-refractivity contribution in [2.45, 2.75) is 39.8 Å². The lowest BCUT2D eigenvalue weighted by Crippen LogP contribution is -2.24. The summed E-state index contributed by atoms with van der Waals surface area (Å²) in [4.78, 5) is 8.86. The summed E-state index contributed by atoms with van der Waals surface area (Å²) in [6.45, 7) is 8.02. The molecule has 0 spiro atoms. The van der Waals surface area contributed by atoms with Crippen LogP contribution in [-0.2, 0) is 6.54 Å². The molecule has 0 aromatic carbocycles.